The second-order valence-corrected chi connectivity index (χ2v) is 4.71. The van der Waals surface area contributed by atoms with Crippen molar-refractivity contribution in [2.45, 2.75) is 36.7 Å². The van der Waals surface area contributed by atoms with Crippen LogP contribution in [0.5, 0.6) is 0 Å². The number of rotatable bonds is 3. The highest BCUT2D eigenvalue weighted by atomic mass is 19.2. The standard InChI is InChI=1S/C13H17FO5/c14-13(6-8-4-2-1-3-5-8)12(18)11(17)10(16)9(7-15)19-13/h1-5,9-12,15-18H,6-7H2/t9-,10+,11+,12-,13?/m1/s1. The normalized spacial score (nSPS) is 39.2. The predicted octanol–water partition coefficient (Wildman–Crippen LogP) is -0.631. The Morgan fingerprint density at radius 2 is 1.74 bits per heavy atom. The molecule has 2 rings (SSSR count). The minimum Gasteiger partial charge on any atom is -0.394 e. The van der Waals surface area contributed by atoms with E-state index in [2.05, 4.69) is 0 Å². The summed E-state index contributed by atoms with van der Waals surface area (Å²) in [6.45, 7) is -0.647. The third-order valence-electron chi connectivity index (χ3n) is 3.31. The molecule has 6 heteroatoms. The highest BCUT2D eigenvalue weighted by Gasteiger charge is 2.53. The number of hydrogen-bond donors (Lipinski definition) is 4. The first kappa shape index (κ1) is 14.4. The minimum atomic E-state index is -2.55. The Labute approximate surface area is 109 Å². The molecule has 1 unspecified atom stereocenters. The molecule has 1 aromatic rings. The van der Waals surface area contributed by atoms with E-state index < -0.39 is 36.9 Å². The molecule has 1 aromatic carbocycles. The van der Waals surface area contributed by atoms with Crippen LogP contribution in [0.1, 0.15) is 5.56 Å². The molecule has 0 amide bonds. The van der Waals surface area contributed by atoms with E-state index in [0.29, 0.717) is 5.56 Å². The SMILES string of the molecule is OC[C@H]1OC(F)(Cc2ccccc2)[C@H](O)[C@@H](O)[C@H]1O. The Hall–Kier alpha value is -1.05. The van der Waals surface area contributed by atoms with Crippen LogP contribution in [-0.4, -0.2) is 57.3 Å². The summed E-state index contributed by atoms with van der Waals surface area (Å²) in [4.78, 5) is 0. The topological polar surface area (TPSA) is 90.2 Å². The summed E-state index contributed by atoms with van der Waals surface area (Å²) >= 11 is 0. The van der Waals surface area contributed by atoms with Gasteiger partial charge in [-0.15, -0.1) is 0 Å². The lowest BCUT2D eigenvalue weighted by molar-refractivity contribution is -0.319. The Balaban J connectivity index is 2.21. The van der Waals surface area contributed by atoms with Gasteiger partial charge in [-0.05, 0) is 5.56 Å². The van der Waals surface area contributed by atoms with Crippen LogP contribution in [0.2, 0.25) is 0 Å². The largest absolute Gasteiger partial charge is 0.394 e. The maximum absolute atomic E-state index is 14.7. The van der Waals surface area contributed by atoms with Gasteiger partial charge < -0.3 is 25.2 Å². The molecule has 1 saturated heterocycles. The maximum Gasteiger partial charge on any atom is 0.242 e. The molecular formula is C13H17FO5. The van der Waals surface area contributed by atoms with Gasteiger partial charge in [-0.1, -0.05) is 30.3 Å². The lowest BCUT2D eigenvalue weighted by Gasteiger charge is -2.43. The molecule has 0 radical (unpaired) electrons. The van der Waals surface area contributed by atoms with Gasteiger partial charge in [0.05, 0.1) is 6.61 Å². The minimum absolute atomic E-state index is 0.282. The second kappa shape index (κ2) is 5.52. The maximum atomic E-state index is 14.7. The van der Waals surface area contributed by atoms with Gasteiger partial charge in [0.1, 0.15) is 24.4 Å². The van der Waals surface area contributed by atoms with Crippen LogP contribution < -0.4 is 0 Å². The van der Waals surface area contributed by atoms with E-state index in [1.165, 1.54) is 0 Å². The lowest BCUT2D eigenvalue weighted by Crippen LogP contribution is -2.64. The zero-order chi connectivity index (χ0) is 14.0. The van der Waals surface area contributed by atoms with Gasteiger partial charge in [-0.25, -0.2) is 4.39 Å². The van der Waals surface area contributed by atoms with Crippen LogP contribution in [0, 0.1) is 0 Å². The van der Waals surface area contributed by atoms with E-state index in [4.69, 9.17) is 9.84 Å². The van der Waals surface area contributed by atoms with Crippen molar-refractivity contribution in [3.05, 3.63) is 35.9 Å². The molecule has 19 heavy (non-hydrogen) atoms. The highest BCUT2D eigenvalue weighted by molar-refractivity contribution is 5.17. The van der Waals surface area contributed by atoms with Crippen molar-refractivity contribution in [2.75, 3.05) is 6.61 Å². The Bertz CT molecular complexity index is 413. The summed E-state index contributed by atoms with van der Waals surface area (Å²) in [5, 5.41) is 37.9. The fraction of sp³-hybridized carbons (Fsp3) is 0.538. The zero-order valence-corrected chi connectivity index (χ0v) is 10.2. The average molecular weight is 272 g/mol. The molecule has 0 bridgehead atoms. The molecular weight excluding hydrogens is 255 g/mol. The smallest absolute Gasteiger partial charge is 0.242 e. The third kappa shape index (κ3) is 2.77. The average Bonchev–Trinajstić information content (AvgIpc) is 2.42. The van der Waals surface area contributed by atoms with E-state index in [1.54, 1.807) is 30.3 Å². The molecule has 0 saturated carbocycles. The van der Waals surface area contributed by atoms with E-state index in [9.17, 15) is 19.7 Å². The molecule has 1 aliphatic heterocycles. The summed E-state index contributed by atoms with van der Waals surface area (Å²) in [6.07, 6.45) is -6.67. The summed E-state index contributed by atoms with van der Waals surface area (Å²) < 4.78 is 19.6. The molecule has 106 valence electrons. The van der Waals surface area contributed by atoms with Crippen molar-refractivity contribution in [2.24, 2.45) is 0 Å². The van der Waals surface area contributed by atoms with E-state index in [-0.39, 0.29) is 6.42 Å². The van der Waals surface area contributed by atoms with Crippen LogP contribution in [-0.2, 0) is 11.2 Å². The quantitative estimate of drug-likeness (QED) is 0.588. The first-order valence-corrected chi connectivity index (χ1v) is 6.03. The van der Waals surface area contributed by atoms with Crippen molar-refractivity contribution < 1.29 is 29.6 Å². The van der Waals surface area contributed by atoms with Crippen molar-refractivity contribution in [1.82, 2.24) is 0 Å². The molecule has 1 aliphatic rings. The number of hydrogen-bond acceptors (Lipinski definition) is 5. The van der Waals surface area contributed by atoms with E-state index in [1.807, 2.05) is 0 Å². The first-order valence-electron chi connectivity index (χ1n) is 6.03. The Morgan fingerprint density at radius 1 is 1.11 bits per heavy atom. The molecule has 1 heterocycles. The van der Waals surface area contributed by atoms with Gasteiger partial charge >= 0.3 is 0 Å². The highest BCUT2D eigenvalue weighted by Crippen LogP contribution is 2.34. The monoisotopic (exact) mass is 272 g/mol. The second-order valence-electron chi connectivity index (χ2n) is 4.71. The summed E-state index contributed by atoms with van der Waals surface area (Å²) in [6, 6.07) is 8.50. The molecule has 4 N–H and O–H groups in total. The molecule has 0 aliphatic carbocycles. The number of alkyl halides is 1. The fourth-order valence-electron chi connectivity index (χ4n) is 2.22. The van der Waals surface area contributed by atoms with Gasteiger partial charge in [0.25, 0.3) is 0 Å². The van der Waals surface area contributed by atoms with Gasteiger partial charge in [-0.3, -0.25) is 0 Å². The van der Waals surface area contributed by atoms with Gasteiger partial charge in [0.2, 0.25) is 5.85 Å². The van der Waals surface area contributed by atoms with Crippen LogP contribution in [0.15, 0.2) is 30.3 Å². The number of aliphatic hydroxyl groups excluding tert-OH is 4. The molecule has 0 aromatic heterocycles. The van der Waals surface area contributed by atoms with E-state index in [0.717, 1.165) is 0 Å². The summed E-state index contributed by atoms with van der Waals surface area (Å²) in [5.41, 5.74) is 0.573. The number of benzene rings is 1. The summed E-state index contributed by atoms with van der Waals surface area (Å²) in [5.74, 6) is -2.55. The molecule has 1 fully saturated rings. The lowest BCUT2D eigenvalue weighted by atomic mass is 9.90. The van der Waals surface area contributed by atoms with Crippen LogP contribution in [0.25, 0.3) is 0 Å². The fourth-order valence-corrected chi connectivity index (χ4v) is 2.22. The van der Waals surface area contributed by atoms with Crippen molar-refractivity contribution in [3.63, 3.8) is 0 Å². The van der Waals surface area contributed by atoms with Gasteiger partial charge in [-0.2, -0.15) is 0 Å². The van der Waals surface area contributed by atoms with Crippen molar-refractivity contribution in [1.29, 1.82) is 0 Å². The Kier molecular flexibility index (Phi) is 4.17. The zero-order valence-electron chi connectivity index (χ0n) is 10.2. The van der Waals surface area contributed by atoms with Crippen LogP contribution >= 0.6 is 0 Å². The Morgan fingerprint density at radius 3 is 2.32 bits per heavy atom. The number of aliphatic hydroxyl groups is 4. The van der Waals surface area contributed by atoms with Gasteiger partial charge in [0.15, 0.2) is 0 Å². The first-order chi connectivity index (χ1) is 8.98. The van der Waals surface area contributed by atoms with Gasteiger partial charge in [0, 0.05) is 6.42 Å². The number of ether oxygens (including phenoxy) is 1. The molecule has 0 spiro atoms. The van der Waals surface area contributed by atoms with E-state index >= 15 is 0 Å². The number of halogens is 1. The molecule has 5 atom stereocenters. The van der Waals surface area contributed by atoms with Crippen LogP contribution in [0.4, 0.5) is 4.39 Å². The molecule has 5 nitrogen and oxygen atoms in total. The predicted molar refractivity (Wildman–Crippen MR) is 64.0 cm³/mol. The van der Waals surface area contributed by atoms with Crippen LogP contribution in [0.3, 0.4) is 0 Å². The summed E-state index contributed by atoms with van der Waals surface area (Å²) in [7, 11) is 0. The third-order valence-corrected chi connectivity index (χ3v) is 3.31. The van der Waals surface area contributed by atoms with Crippen molar-refractivity contribution >= 4 is 0 Å². The van der Waals surface area contributed by atoms with Crippen molar-refractivity contribution in [3.8, 4) is 0 Å².